The molecule has 0 spiro atoms. The lowest BCUT2D eigenvalue weighted by atomic mass is 9.95. The Balaban J connectivity index is 1.65. The SMILES string of the molecule is CC[C@@H](C(=O)Nc1cnc(Oc2ccccc2)nc1)c1ccccc1. The predicted octanol–water partition coefficient (Wildman–Crippen LogP) is 4.40. The van der Waals surface area contributed by atoms with Crippen molar-refractivity contribution in [2.45, 2.75) is 19.3 Å². The van der Waals surface area contributed by atoms with Crippen molar-refractivity contribution < 1.29 is 9.53 Å². The van der Waals surface area contributed by atoms with Crippen molar-refractivity contribution in [2.75, 3.05) is 5.32 Å². The van der Waals surface area contributed by atoms with Gasteiger partial charge in [-0.25, -0.2) is 9.97 Å². The number of hydrogen-bond donors (Lipinski definition) is 1. The van der Waals surface area contributed by atoms with E-state index in [4.69, 9.17) is 4.74 Å². The van der Waals surface area contributed by atoms with Gasteiger partial charge in [0.15, 0.2) is 0 Å². The van der Waals surface area contributed by atoms with Gasteiger partial charge in [0.1, 0.15) is 5.75 Å². The van der Waals surface area contributed by atoms with Crippen LogP contribution in [-0.4, -0.2) is 15.9 Å². The van der Waals surface area contributed by atoms with E-state index < -0.39 is 0 Å². The number of ether oxygens (including phenoxy) is 1. The zero-order valence-electron chi connectivity index (χ0n) is 13.9. The Morgan fingerprint density at radius 2 is 1.60 bits per heavy atom. The van der Waals surface area contributed by atoms with Gasteiger partial charge in [0.05, 0.1) is 24.0 Å². The topological polar surface area (TPSA) is 64.1 Å². The molecule has 1 heterocycles. The molecule has 5 nitrogen and oxygen atoms in total. The average molecular weight is 333 g/mol. The van der Waals surface area contributed by atoms with Crippen LogP contribution in [0.1, 0.15) is 24.8 Å². The third-order valence-electron chi connectivity index (χ3n) is 3.77. The third-order valence-corrected chi connectivity index (χ3v) is 3.77. The Hall–Kier alpha value is -3.21. The van der Waals surface area contributed by atoms with Gasteiger partial charge in [0.2, 0.25) is 5.91 Å². The molecule has 5 heteroatoms. The molecule has 25 heavy (non-hydrogen) atoms. The maximum atomic E-state index is 12.5. The molecule has 0 aliphatic heterocycles. The summed E-state index contributed by atoms with van der Waals surface area (Å²) in [5, 5.41) is 2.86. The first-order valence-electron chi connectivity index (χ1n) is 8.17. The summed E-state index contributed by atoms with van der Waals surface area (Å²) in [6.07, 6.45) is 3.80. The van der Waals surface area contributed by atoms with Crippen molar-refractivity contribution in [1.29, 1.82) is 0 Å². The highest BCUT2D eigenvalue weighted by molar-refractivity contribution is 5.95. The maximum Gasteiger partial charge on any atom is 0.322 e. The molecule has 1 atom stereocenters. The van der Waals surface area contributed by atoms with E-state index in [2.05, 4.69) is 15.3 Å². The van der Waals surface area contributed by atoms with Gasteiger partial charge in [-0.2, -0.15) is 0 Å². The van der Waals surface area contributed by atoms with Crippen LogP contribution in [0.2, 0.25) is 0 Å². The number of carbonyl (C=O) groups is 1. The first kappa shape index (κ1) is 16.6. The molecular weight excluding hydrogens is 314 g/mol. The normalized spacial score (nSPS) is 11.6. The van der Waals surface area contributed by atoms with Crippen LogP contribution >= 0.6 is 0 Å². The molecule has 1 N–H and O–H groups in total. The van der Waals surface area contributed by atoms with Crippen molar-refractivity contribution in [2.24, 2.45) is 0 Å². The van der Waals surface area contributed by atoms with Gasteiger partial charge in [0, 0.05) is 0 Å². The first-order chi connectivity index (χ1) is 12.3. The fraction of sp³-hybridized carbons (Fsp3) is 0.150. The molecule has 0 bridgehead atoms. The highest BCUT2D eigenvalue weighted by Gasteiger charge is 2.18. The Bertz CT molecular complexity index is 805. The van der Waals surface area contributed by atoms with Gasteiger partial charge in [-0.1, -0.05) is 55.5 Å². The second-order valence-corrected chi connectivity index (χ2v) is 5.53. The van der Waals surface area contributed by atoms with Crippen LogP contribution in [0, 0.1) is 0 Å². The zero-order valence-corrected chi connectivity index (χ0v) is 13.9. The Morgan fingerprint density at radius 3 is 2.20 bits per heavy atom. The quantitative estimate of drug-likeness (QED) is 0.726. The highest BCUT2D eigenvalue weighted by atomic mass is 16.5. The van der Waals surface area contributed by atoms with Crippen LogP contribution in [0.25, 0.3) is 0 Å². The van der Waals surface area contributed by atoms with Crippen LogP contribution in [0.4, 0.5) is 5.69 Å². The predicted molar refractivity (Wildman–Crippen MR) is 96.7 cm³/mol. The highest BCUT2D eigenvalue weighted by Crippen LogP contribution is 2.22. The largest absolute Gasteiger partial charge is 0.424 e. The molecule has 1 aromatic heterocycles. The van der Waals surface area contributed by atoms with Crippen LogP contribution in [-0.2, 0) is 4.79 Å². The summed E-state index contributed by atoms with van der Waals surface area (Å²) in [5.74, 6) is 0.380. The monoisotopic (exact) mass is 333 g/mol. The average Bonchev–Trinajstić information content (AvgIpc) is 2.66. The number of para-hydroxylation sites is 1. The maximum absolute atomic E-state index is 12.5. The van der Waals surface area contributed by atoms with E-state index in [1.54, 1.807) is 12.4 Å². The Morgan fingerprint density at radius 1 is 1.00 bits per heavy atom. The van der Waals surface area contributed by atoms with Crippen molar-refractivity contribution in [3.8, 4) is 11.8 Å². The van der Waals surface area contributed by atoms with Gasteiger partial charge >= 0.3 is 6.01 Å². The summed E-state index contributed by atoms with van der Waals surface area (Å²) in [7, 11) is 0. The molecule has 0 saturated heterocycles. The number of nitrogens with zero attached hydrogens (tertiary/aromatic N) is 2. The number of aromatic nitrogens is 2. The van der Waals surface area contributed by atoms with Crippen LogP contribution in [0.5, 0.6) is 11.8 Å². The minimum atomic E-state index is -0.207. The van der Waals surface area contributed by atoms with Crippen molar-refractivity contribution in [3.63, 3.8) is 0 Å². The molecule has 0 aliphatic rings. The summed E-state index contributed by atoms with van der Waals surface area (Å²) < 4.78 is 5.54. The van der Waals surface area contributed by atoms with E-state index in [1.165, 1.54) is 0 Å². The zero-order chi connectivity index (χ0) is 17.5. The summed E-state index contributed by atoms with van der Waals surface area (Å²) in [6, 6.07) is 19.3. The number of nitrogens with one attached hydrogen (secondary N) is 1. The standard InChI is InChI=1S/C20H19N3O2/c1-2-18(15-9-5-3-6-10-15)19(24)23-16-13-21-20(22-14-16)25-17-11-7-4-8-12-17/h3-14,18H,2H2,1H3,(H,23,24)/t18-/m1/s1. The van der Waals surface area contributed by atoms with Crippen molar-refractivity contribution in [3.05, 3.63) is 78.6 Å². The lowest BCUT2D eigenvalue weighted by Crippen LogP contribution is -2.20. The summed E-state index contributed by atoms with van der Waals surface area (Å²) in [5.41, 5.74) is 1.53. The molecular formula is C20H19N3O2. The molecule has 0 saturated carbocycles. The third kappa shape index (κ3) is 4.41. The lowest BCUT2D eigenvalue weighted by Gasteiger charge is -2.15. The van der Waals surface area contributed by atoms with Gasteiger partial charge < -0.3 is 10.1 Å². The van der Waals surface area contributed by atoms with E-state index in [9.17, 15) is 4.79 Å². The smallest absolute Gasteiger partial charge is 0.322 e. The molecule has 3 aromatic rings. The van der Waals surface area contributed by atoms with E-state index in [-0.39, 0.29) is 17.8 Å². The molecule has 0 fully saturated rings. The number of anilines is 1. The van der Waals surface area contributed by atoms with E-state index in [0.717, 1.165) is 5.56 Å². The number of hydrogen-bond acceptors (Lipinski definition) is 4. The van der Waals surface area contributed by atoms with E-state index in [0.29, 0.717) is 17.9 Å². The lowest BCUT2D eigenvalue weighted by molar-refractivity contribution is -0.117. The van der Waals surface area contributed by atoms with Crippen molar-refractivity contribution >= 4 is 11.6 Å². The Labute approximate surface area is 146 Å². The first-order valence-corrected chi connectivity index (χ1v) is 8.17. The van der Waals surface area contributed by atoms with Gasteiger partial charge in [-0.3, -0.25) is 4.79 Å². The molecule has 3 rings (SSSR count). The Kier molecular flexibility index (Phi) is 5.36. The summed E-state index contributed by atoms with van der Waals surface area (Å²) in [6.45, 7) is 1.99. The van der Waals surface area contributed by atoms with Gasteiger partial charge in [-0.15, -0.1) is 0 Å². The summed E-state index contributed by atoms with van der Waals surface area (Å²) in [4.78, 5) is 20.8. The fourth-order valence-electron chi connectivity index (χ4n) is 2.51. The second kappa shape index (κ2) is 8.06. The molecule has 0 radical (unpaired) electrons. The van der Waals surface area contributed by atoms with E-state index >= 15 is 0 Å². The number of amides is 1. The van der Waals surface area contributed by atoms with Crippen LogP contribution in [0.3, 0.4) is 0 Å². The minimum Gasteiger partial charge on any atom is -0.424 e. The minimum absolute atomic E-state index is 0.0750. The number of benzene rings is 2. The van der Waals surface area contributed by atoms with Crippen LogP contribution < -0.4 is 10.1 Å². The summed E-state index contributed by atoms with van der Waals surface area (Å²) >= 11 is 0. The molecule has 0 aliphatic carbocycles. The fourth-order valence-corrected chi connectivity index (χ4v) is 2.51. The molecule has 1 amide bonds. The number of rotatable bonds is 6. The molecule has 126 valence electrons. The van der Waals surface area contributed by atoms with Gasteiger partial charge in [-0.05, 0) is 24.1 Å². The molecule has 0 unspecified atom stereocenters. The van der Waals surface area contributed by atoms with Crippen LogP contribution in [0.15, 0.2) is 73.1 Å². The van der Waals surface area contributed by atoms with Crippen molar-refractivity contribution in [1.82, 2.24) is 9.97 Å². The number of carbonyl (C=O) groups excluding carboxylic acids is 1. The molecule has 2 aromatic carbocycles. The van der Waals surface area contributed by atoms with Gasteiger partial charge in [0.25, 0.3) is 0 Å². The van der Waals surface area contributed by atoms with E-state index in [1.807, 2.05) is 67.6 Å². The second-order valence-electron chi connectivity index (χ2n) is 5.53.